The standard InChI is InChI=1S/C33H47N3O7/c1-6-33(42)14-11-25-23-8-7-20-15-21(9-12-31(20,4)24(23)10-13-32(25,33)5)35-43-18-27(38)34-28(19(2)3)29(39)36-17-22(37)16-26(36)30(40)41/h1,15,19,22-26,28,37,42H,7-14,16-18H2,2-5H3,(H,34,38)(H,40,41)/b35-21-/t22-,23-,24+,25+,26-,28-,31+,32+,33-/m1/s1. The van der Waals surface area contributed by atoms with Crippen molar-refractivity contribution >= 4 is 23.5 Å². The number of likely N-dealkylation sites (tertiary alicyclic amines) is 1. The quantitative estimate of drug-likeness (QED) is 0.261. The highest BCUT2D eigenvalue weighted by atomic mass is 16.6. The van der Waals surface area contributed by atoms with Crippen molar-refractivity contribution in [1.29, 1.82) is 0 Å². The van der Waals surface area contributed by atoms with E-state index in [1.54, 1.807) is 13.8 Å². The van der Waals surface area contributed by atoms with E-state index >= 15 is 0 Å². The predicted octanol–water partition coefficient (Wildman–Crippen LogP) is 2.87. The number of carbonyl (C=O) groups excluding carboxylic acids is 2. The molecule has 236 valence electrons. The average Bonchev–Trinajstić information content (AvgIpc) is 3.48. The third-order valence-corrected chi connectivity index (χ3v) is 11.8. The Balaban J connectivity index is 1.19. The molecule has 4 aliphatic carbocycles. The molecular weight excluding hydrogens is 550 g/mol. The molecule has 1 heterocycles. The second-order valence-electron chi connectivity index (χ2n) is 14.4. The molecule has 5 rings (SSSR count). The van der Waals surface area contributed by atoms with Crippen LogP contribution < -0.4 is 5.32 Å². The molecule has 9 atom stereocenters. The van der Waals surface area contributed by atoms with Gasteiger partial charge in [-0.25, -0.2) is 4.79 Å². The summed E-state index contributed by atoms with van der Waals surface area (Å²) < 4.78 is 0. The number of nitrogens with zero attached hydrogens (tertiary/aromatic N) is 2. The number of hydrogen-bond donors (Lipinski definition) is 4. The molecule has 1 saturated heterocycles. The van der Waals surface area contributed by atoms with Crippen molar-refractivity contribution in [3.05, 3.63) is 11.6 Å². The first-order valence-electron chi connectivity index (χ1n) is 15.8. The van der Waals surface area contributed by atoms with Crippen LogP contribution in [0.4, 0.5) is 0 Å². The fourth-order valence-electron chi connectivity index (χ4n) is 9.27. The molecule has 0 aromatic heterocycles. The van der Waals surface area contributed by atoms with E-state index in [1.165, 1.54) is 5.57 Å². The van der Waals surface area contributed by atoms with Gasteiger partial charge >= 0.3 is 5.97 Å². The minimum absolute atomic E-state index is 0.0362. The van der Waals surface area contributed by atoms with Crippen LogP contribution in [0.5, 0.6) is 0 Å². The summed E-state index contributed by atoms with van der Waals surface area (Å²) in [6.45, 7) is 7.66. The van der Waals surface area contributed by atoms with Gasteiger partial charge in [-0.2, -0.15) is 0 Å². The molecule has 0 spiro atoms. The Morgan fingerprint density at radius 1 is 1.16 bits per heavy atom. The van der Waals surface area contributed by atoms with Crippen LogP contribution in [0.15, 0.2) is 16.8 Å². The van der Waals surface area contributed by atoms with Crippen LogP contribution in [0.1, 0.15) is 85.5 Å². The van der Waals surface area contributed by atoms with Crippen LogP contribution in [-0.2, 0) is 19.2 Å². The number of allylic oxidation sites excluding steroid dienone is 2. The highest BCUT2D eigenvalue weighted by Gasteiger charge is 2.63. The van der Waals surface area contributed by atoms with Gasteiger partial charge in [0, 0.05) is 18.4 Å². The normalized spacial score (nSPS) is 40.1. The van der Waals surface area contributed by atoms with Gasteiger partial charge in [-0.3, -0.25) is 9.59 Å². The van der Waals surface area contributed by atoms with Gasteiger partial charge < -0.3 is 30.4 Å². The summed E-state index contributed by atoms with van der Waals surface area (Å²) >= 11 is 0. The van der Waals surface area contributed by atoms with Crippen molar-refractivity contribution in [2.24, 2.45) is 39.7 Å². The number of rotatable bonds is 7. The molecular formula is C33H47N3O7. The van der Waals surface area contributed by atoms with Gasteiger partial charge in [-0.15, -0.1) is 6.42 Å². The number of β-amino-alcohol motifs (C(OH)–C–C–N with tert-alkyl or cyclic N) is 1. The van der Waals surface area contributed by atoms with Gasteiger partial charge in [0.2, 0.25) is 5.91 Å². The second kappa shape index (κ2) is 11.6. The molecule has 43 heavy (non-hydrogen) atoms. The lowest BCUT2D eigenvalue weighted by molar-refractivity contribution is -0.150. The van der Waals surface area contributed by atoms with Crippen molar-refractivity contribution in [3.8, 4) is 12.3 Å². The van der Waals surface area contributed by atoms with E-state index in [4.69, 9.17) is 11.3 Å². The van der Waals surface area contributed by atoms with E-state index in [1.807, 2.05) is 0 Å². The molecule has 0 bridgehead atoms. The van der Waals surface area contributed by atoms with E-state index < -0.39 is 41.6 Å². The number of aliphatic carboxylic acids is 1. The van der Waals surface area contributed by atoms with Crippen molar-refractivity contribution in [2.75, 3.05) is 13.2 Å². The minimum Gasteiger partial charge on any atom is -0.480 e. The summed E-state index contributed by atoms with van der Waals surface area (Å²) in [6.07, 6.45) is 14.4. The molecule has 4 N–H and O–H groups in total. The lowest BCUT2D eigenvalue weighted by Gasteiger charge is -2.58. The molecule has 0 radical (unpaired) electrons. The number of amides is 2. The molecule has 2 amide bonds. The van der Waals surface area contributed by atoms with Gasteiger partial charge in [0.15, 0.2) is 6.61 Å². The number of aliphatic hydroxyl groups is 2. The van der Waals surface area contributed by atoms with Gasteiger partial charge in [0.05, 0.1) is 11.8 Å². The van der Waals surface area contributed by atoms with E-state index in [0.29, 0.717) is 24.2 Å². The summed E-state index contributed by atoms with van der Waals surface area (Å²) in [5.74, 6) is 1.75. The Labute approximate surface area is 254 Å². The van der Waals surface area contributed by atoms with Crippen molar-refractivity contribution in [1.82, 2.24) is 10.2 Å². The fourth-order valence-corrected chi connectivity index (χ4v) is 9.27. The number of carbonyl (C=O) groups is 3. The summed E-state index contributed by atoms with van der Waals surface area (Å²) in [5.41, 5.74) is 1.03. The molecule has 1 aliphatic heterocycles. The SMILES string of the molecule is C#C[C@@]1(O)CC[C@H]2[C@@H]3CCC4=C/C(=N\OCC(=O)N[C@@H](C(=O)N5C[C@H](O)C[C@@H]5C(=O)O)C(C)C)CC[C@]4(C)[C@H]3CC[C@@]21C. The summed E-state index contributed by atoms with van der Waals surface area (Å²) in [5, 5.41) is 37.6. The van der Waals surface area contributed by atoms with Crippen LogP contribution in [-0.4, -0.2) is 80.7 Å². The summed E-state index contributed by atoms with van der Waals surface area (Å²) in [6, 6.07) is -2.07. The Morgan fingerprint density at radius 3 is 2.56 bits per heavy atom. The Bertz CT molecular complexity index is 1260. The largest absolute Gasteiger partial charge is 0.480 e. The van der Waals surface area contributed by atoms with Crippen LogP contribution in [0.2, 0.25) is 0 Å². The number of hydrogen-bond acceptors (Lipinski definition) is 7. The van der Waals surface area contributed by atoms with Gasteiger partial charge in [0.25, 0.3) is 5.91 Å². The first-order chi connectivity index (χ1) is 20.2. The number of aliphatic hydroxyl groups excluding tert-OH is 1. The molecule has 10 heteroatoms. The van der Waals surface area contributed by atoms with Crippen molar-refractivity contribution in [2.45, 2.75) is 109 Å². The van der Waals surface area contributed by atoms with E-state index in [-0.39, 0.29) is 36.3 Å². The number of fused-ring (bicyclic) bond motifs is 5. The molecule has 0 aromatic rings. The van der Waals surface area contributed by atoms with E-state index in [2.05, 4.69) is 36.3 Å². The van der Waals surface area contributed by atoms with Gasteiger partial charge in [-0.1, -0.05) is 44.3 Å². The number of carboxylic acids is 1. The van der Waals surface area contributed by atoms with Gasteiger partial charge in [0.1, 0.15) is 17.7 Å². The monoisotopic (exact) mass is 597 g/mol. The highest BCUT2D eigenvalue weighted by Crippen LogP contribution is 2.67. The maximum Gasteiger partial charge on any atom is 0.326 e. The topological polar surface area (TPSA) is 149 Å². The van der Waals surface area contributed by atoms with Crippen LogP contribution in [0, 0.1) is 46.8 Å². The lowest BCUT2D eigenvalue weighted by Crippen LogP contribution is -2.54. The smallest absolute Gasteiger partial charge is 0.326 e. The average molecular weight is 598 g/mol. The zero-order chi connectivity index (χ0) is 31.3. The van der Waals surface area contributed by atoms with E-state index in [9.17, 15) is 29.7 Å². The number of terminal acetylenes is 1. The molecule has 3 saturated carbocycles. The third kappa shape index (κ3) is 5.37. The van der Waals surface area contributed by atoms with Crippen LogP contribution in [0.3, 0.4) is 0 Å². The zero-order valence-corrected chi connectivity index (χ0v) is 25.8. The predicted molar refractivity (Wildman–Crippen MR) is 159 cm³/mol. The number of carboxylic acid groups (broad SMARTS) is 1. The van der Waals surface area contributed by atoms with Gasteiger partial charge in [-0.05, 0) is 86.5 Å². The van der Waals surface area contributed by atoms with Crippen LogP contribution >= 0.6 is 0 Å². The Hall–Kier alpha value is -2.90. The first-order valence-corrected chi connectivity index (χ1v) is 15.8. The summed E-state index contributed by atoms with van der Waals surface area (Å²) in [7, 11) is 0. The third-order valence-electron chi connectivity index (χ3n) is 11.8. The molecule has 0 aromatic carbocycles. The Kier molecular flexibility index (Phi) is 8.47. The maximum absolute atomic E-state index is 13.1. The second-order valence-corrected chi connectivity index (χ2v) is 14.4. The molecule has 4 fully saturated rings. The molecule has 10 nitrogen and oxygen atoms in total. The van der Waals surface area contributed by atoms with Crippen LogP contribution in [0.25, 0.3) is 0 Å². The molecule has 0 unspecified atom stereocenters. The Morgan fingerprint density at radius 2 is 1.88 bits per heavy atom. The number of nitrogens with one attached hydrogen (secondary N) is 1. The van der Waals surface area contributed by atoms with Crippen molar-refractivity contribution in [3.63, 3.8) is 0 Å². The number of oxime groups is 1. The molecule has 5 aliphatic rings. The highest BCUT2D eigenvalue weighted by molar-refractivity contribution is 5.96. The fraction of sp³-hybridized carbons (Fsp3) is 0.758. The van der Waals surface area contributed by atoms with E-state index in [0.717, 1.165) is 55.6 Å². The maximum atomic E-state index is 13.1. The first kappa shape index (κ1) is 31.5. The zero-order valence-electron chi connectivity index (χ0n) is 25.8. The van der Waals surface area contributed by atoms with Crippen molar-refractivity contribution < 1.29 is 34.5 Å². The lowest BCUT2D eigenvalue weighted by atomic mass is 9.46. The minimum atomic E-state index is -1.18. The summed E-state index contributed by atoms with van der Waals surface area (Å²) in [4.78, 5) is 44.0.